The highest BCUT2D eigenvalue weighted by Crippen LogP contribution is 2.29. The first kappa shape index (κ1) is 23.2. The van der Waals surface area contributed by atoms with Crippen LogP contribution in [0.15, 0.2) is 46.9 Å². The van der Waals surface area contributed by atoms with Crippen molar-refractivity contribution in [1.82, 2.24) is 14.8 Å². The maximum atomic E-state index is 13.7. The molecule has 2 heterocycles. The molecule has 0 spiro atoms. The standard InChI is InChI=1S/C27H33ClN4O2/c1-2-31-13-12-20(17-31)18-32(23-8-3-4-9-23)26(33)21-10-11-25-24(15-21)30-27(34-25)29-16-19-6-5-7-22(28)14-19/h5-7,10-11,14-15,20,23H,2-4,8-9,12-13,16-18H2,1H3,(H,29,30). The lowest BCUT2D eigenvalue weighted by molar-refractivity contribution is 0.0647. The van der Waals surface area contributed by atoms with Crippen molar-refractivity contribution in [2.24, 2.45) is 5.92 Å². The minimum atomic E-state index is 0.125. The van der Waals surface area contributed by atoms with E-state index < -0.39 is 0 Å². The summed E-state index contributed by atoms with van der Waals surface area (Å²) in [5.74, 6) is 0.683. The van der Waals surface area contributed by atoms with Gasteiger partial charge in [-0.1, -0.05) is 43.5 Å². The Morgan fingerprint density at radius 2 is 2.06 bits per heavy atom. The zero-order valence-corrected chi connectivity index (χ0v) is 20.6. The summed E-state index contributed by atoms with van der Waals surface area (Å²) < 4.78 is 5.86. The molecule has 1 atom stereocenters. The van der Waals surface area contributed by atoms with Gasteiger partial charge in [0.15, 0.2) is 5.58 Å². The topological polar surface area (TPSA) is 61.6 Å². The van der Waals surface area contributed by atoms with Crippen molar-refractivity contribution < 1.29 is 9.21 Å². The van der Waals surface area contributed by atoms with Crippen LogP contribution in [0.25, 0.3) is 11.1 Å². The van der Waals surface area contributed by atoms with E-state index in [-0.39, 0.29) is 5.91 Å². The summed E-state index contributed by atoms with van der Waals surface area (Å²) in [6.07, 6.45) is 5.82. The molecule has 1 N–H and O–H groups in total. The Labute approximate surface area is 206 Å². The number of anilines is 1. The number of hydrogen-bond acceptors (Lipinski definition) is 5. The molecule has 2 aliphatic rings. The number of nitrogens with one attached hydrogen (secondary N) is 1. The van der Waals surface area contributed by atoms with Crippen molar-refractivity contribution in [2.45, 2.75) is 51.6 Å². The highest BCUT2D eigenvalue weighted by molar-refractivity contribution is 6.30. The Kier molecular flexibility index (Phi) is 7.07. The van der Waals surface area contributed by atoms with E-state index in [1.165, 1.54) is 19.3 Å². The zero-order valence-electron chi connectivity index (χ0n) is 19.8. The van der Waals surface area contributed by atoms with Gasteiger partial charge in [0.1, 0.15) is 5.52 Å². The Balaban J connectivity index is 1.31. The third-order valence-corrected chi connectivity index (χ3v) is 7.50. The second-order valence-corrected chi connectivity index (χ2v) is 10.1. The average molecular weight is 481 g/mol. The third-order valence-electron chi connectivity index (χ3n) is 7.27. The van der Waals surface area contributed by atoms with Crippen LogP contribution in [0.2, 0.25) is 5.02 Å². The van der Waals surface area contributed by atoms with Crippen LogP contribution in [0.4, 0.5) is 6.01 Å². The fourth-order valence-corrected chi connectivity index (χ4v) is 5.58. The van der Waals surface area contributed by atoms with Gasteiger partial charge in [0.25, 0.3) is 11.9 Å². The van der Waals surface area contributed by atoms with Gasteiger partial charge in [0.2, 0.25) is 0 Å². The molecule has 1 saturated carbocycles. The first-order valence-corrected chi connectivity index (χ1v) is 12.9. The van der Waals surface area contributed by atoms with Crippen molar-refractivity contribution >= 4 is 34.6 Å². The first-order valence-electron chi connectivity index (χ1n) is 12.5. The van der Waals surface area contributed by atoms with E-state index in [1.807, 2.05) is 42.5 Å². The van der Waals surface area contributed by atoms with Gasteiger partial charge in [-0.15, -0.1) is 0 Å². The smallest absolute Gasteiger partial charge is 0.295 e. The molecule has 180 valence electrons. The van der Waals surface area contributed by atoms with Gasteiger partial charge in [0, 0.05) is 36.3 Å². The van der Waals surface area contributed by atoms with E-state index in [0.717, 1.165) is 44.6 Å². The van der Waals surface area contributed by atoms with Gasteiger partial charge in [-0.05, 0) is 74.2 Å². The molecule has 2 aromatic carbocycles. The maximum absolute atomic E-state index is 13.7. The maximum Gasteiger partial charge on any atom is 0.295 e. The molecule has 3 aromatic rings. The van der Waals surface area contributed by atoms with Crippen molar-refractivity contribution in [2.75, 3.05) is 31.5 Å². The summed E-state index contributed by atoms with van der Waals surface area (Å²) in [6, 6.07) is 14.1. The quantitative estimate of drug-likeness (QED) is 0.440. The molecular formula is C27H33ClN4O2. The number of halogens is 1. The molecule has 2 fully saturated rings. The Morgan fingerprint density at radius 3 is 2.82 bits per heavy atom. The van der Waals surface area contributed by atoms with Gasteiger partial charge < -0.3 is 19.5 Å². The Morgan fingerprint density at radius 1 is 1.21 bits per heavy atom. The van der Waals surface area contributed by atoms with Gasteiger partial charge in [-0.2, -0.15) is 4.98 Å². The molecule has 1 unspecified atom stereocenters. The van der Waals surface area contributed by atoms with Crippen molar-refractivity contribution in [3.8, 4) is 0 Å². The Hall–Kier alpha value is -2.57. The predicted molar refractivity (Wildman–Crippen MR) is 136 cm³/mol. The van der Waals surface area contributed by atoms with E-state index in [1.54, 1.807) is 0 Å². The lowest BCUT2D eigenvalue weighted by Gasteiger charge is -2.31. The van der Waals surface area contributed by atoms with Gasteiger partial charge in [0.05, 0.1) is 0 Å². The number of amides is 1. The minimum Gasteiger partial charge on any atom is -0.424 e. The molecule has 1 saturated heterocycles. The molecule has 34 heavy (non-hydrogen) atoms. The van der Waals surface area contributed by atoms with Crippen molar-refractivity contribution in [3.05, 3.63) is 58.6 Å². The molecule has 1 amide bonds. The molecular weight excluding hydrogens is 448 g/mol. The summed E-state index contributed by atoms with van der Waals surface area (Å²) in [6.45, 7) is 6.95. The van der Waals surface area contributed by atoms with Crippen LogP contribution in [0.1, 0.15) is 54.9 Å². The second-order valence-electron chi connectivity index (χ2n) is 9.63. The van der Waals surface area contributed by atoms with Crippen LogP contribution < -0.4 is 5.32 Å². The SMILES string of the molecule is CCN1CCC(CN(C(=O)c2ccc3oc(NCc4cccc(Cl)c4)nc3c2)C2CCCC2)C1. The fraction of sp³-hybridized carbons (Fsp3) is 0.481. The number of carbonyl (C=O) groups is 1. The monoisotopic (exact) mass is 480 g/mol. The summed E-state index contributed by atoms with van der Waals surface area (Å²) >= 11 is 6.07. The number of fused-ring (bicyclic) bond motifs is 1. The molecule has 5 rings (SSSR count). The van der Waals surface area contributed by atoms with Crippen LogP contribution in [-0.2, 0) is 6.54 Å². The van der Waals surface area contributed by atoms with E-state index in [2.05, 4.69) is 27.0 Å². The molecule has 1 aliphatic carbocycles. The number of rotatable bonds is 8. The summed E-state index contributed by atoms with van der Waals surface area (Å²) in [4.78, 5) is 22.9. The summed E-state index contributed by atoms with van der Waals surface area (Å²) in [7, 11) is 0. The number of carbonyl (C=O) groups excluding carboxylic acids is 1. The van der Waals surface area contributed by atoms with Crippen LogP contribution in [0.3, 0.4) is 0 Å². The zero-order chi connectivity index (χ0) is 23.5. The molecule has 1 aliphatic heterocycles. The molecule has 1 aromatic heterocycles. The number of nitrogens with zero attached hydrogens (tertiary/aromatic N) is 3. The fourth-order valence-electron chi connectivity index (χ4n) is 5.37. The summed E-state index contributed by atoms with van der Waals surface area (Å²) in [5, 5.41) is 3.92. The first-order chi connectivity index (χ1) is 16.6. The third kappa shape index (κ3) is 5.23. The molecule has 6 nitrogen and oxygen atoms in total. The van der Waals surface area contributed by atoms with Gasteiger partial charge >= 0.3 is 0 Å². The van der Waals surface area contributed by atoms with Crippen LogP contribution in [0, 0.1) is 5.92 Å². The van der Waals surface area contributed by atoms with Crippen LogP contribution in [-0.4, -0.2) is 52.9 Å². The number of benzene rings is 2. The average Bonchev–Trinajstić information content (AvgIpc) is 3.61. The number of oxazole rings is 1. The van der Waals surface area contributed by atoms with Crippen LogP contribution >= 0.6 is 11.6 Å². The Bertz CT molecular complexity index is 1140. The summed E-state index contributed by atoms with van der Waals surface area (Å²) in [5.41, 5.74) is 3.11. The lowest BCUT2D eigenvalue weighted by atomic mass is 10.0. The number of likely N-dealkylation sites (tertiary alicyclic amines) is 1. The van der Waals surface area contributed by atoms with Gasteiger partial charge in [-0.3, -0.25) is 4.79 Å². The lowest BCUT2D eigenvalue weighted by Crippen LogP contribution is -2.42. The second kappa shape index (κ2) is 10.4. The highest BCUT2D eigenvalue weighted by atomic mass is 35.5. The minimum absolute atomic E-state index is 0.125. The van der Waals surface area contributed by atoms with Crippen LogP contribution in [0.5, 0.6) is 0 Å². The number of aromatic nitrogens is 1. The van der Waals surface area contributed by atoms with E-state index in [0.29, 0.717) is 46.2 Å². The predicted octanol–water partition coefficient (Wildman–Crippen LogP) is 5.82. The van der Waals surface area contributed by atoms with E-state index in [9.17, 15) is 4.79 Å². The van der Waals surface area contributed by atoms with E-state index in [4.69, 9.17) is 16.0 Å². The number of hydrogen-bond donors (Lipinski definition) is 1. The van der Waals surface area contributed by atoms with Crippen molar-refractivity contribution in [3.63, 3.8) is 0 Å². The molecule has 0 radical (unpaired) electrons. The van der Waals surface area contributed by atoms with Gasteiger partial charge in [-0.25, -0.2) is 0 Å². The molecule has 7 heteroatoms. The molecule has 0 bridgehead atoms. The normalized spacial score (nSPS) is 19.2. The largest absolute Gasteiger partial charge is 0.424 e. The van der Waals surface area contributed by atoms with E-state index >= 15 is 0 Å². The highest BCUT2D eigenvalue weighted by Gasteiger charge is 2.32. The van der Waals surface area contributed by atoms with Crippen molar-refractivity contribution in [1.29, 1.82) is 0 Å².